The van der Waals surface area contributed by atoms with Gasteiger partial charge < -0.3 is 14.6 Å². The quantitative estimate of drug-likeness (QED) is 0.330. The van der Waals surface area contributed by atoms with Gasteiger partial charge in [0.1, 0.15) is 15.8 Å². The van der Waals surface area contributed by atoms with Crippen LogP contribution in [0.4, 0.5) is 0 Å². The van der Waals surface area contributed by atoms with Crippen molar-refractivity contribution in [1.29, 1.82) is 0 Å². The predicted molar refractivity (Wildman–Crippen MR) is 117 cm³/mol. The Morgan fingerprint density at radius 1 is 1.07 bits per heavy atom. The summed E-state index contributed by atoms with van der Waals surface area (Å²) in [6.07, 6.45) is 3.73. The van der Waals surface area contributed by atoms with Crippen molar-refractivity contribution in [3.63, 3.8) is 0 Å². The molecule has 1 fully saturated rings. The fourth-order valence-corrected chi connectivity index (χ4v) is 4.20. The van der Waals surface area contributed by atoms with Gasteiger partial charge in [-0.1, -0.05) is 42.5 Å². The second-order valence-corrected chi connectivity index (χ2v) is 8.30. The maximum absolute atomic E-state index is 12.6. The Kier molecular flexibility index (Phi) is 7.07. The van der Waals surface area contributed by atoms with Gasteiger partial charge in [-0.2, -0.15) is 0 Å². The number of unbranched alkanes of at least 4 members (excludes halogenated alkanes) is 2. The molecule has 1 amide bonds. The molecule has 0 bridgehead atoms. The highest BCUT2D eigenvalue weighted by Crippen LogP contribution is 2.34. The van der Waals surface area contributed by atoms with Gasteiger partial charge in [0.05, 0.1) is 10.5 Å². The highest BCUT2D eigenvalue weighted by molar-refractivity contribution is 8.26. The van der Waals surface area contributed by atoms with Crippen LogP contribution in [0, 0.1) is 0 Å². The summed E-state index contributed by atoms with van der Waals surface area (Å²) in [7, 11) is 0. The number of carbonyl (C=O) groups is 3. The normalized spacial score (nSPS) is 15.2. The van der Waals surface area contributed by atoms with E-state index in [2.05, 4.69) is 0 Å². The highest BCUT2D eigenvalue weighted by atomic mass is 32.2. The number of aromatic carboxylic acids is 1. The third kappa shape index (κ3) is 5.37. The van der Waals surface area contributed by atoms with Crippen LogP contribution in [0.2, 0.25) is 0 Å². The summed E-state index contributed by atoms with van der Waals surface area (Å²) in [5, 5.41) is 17.6. The van der Waals surface area contributed by atoms with Gasteiger partial charge >= 0.3 is 11.9 Å². The van der Waals surface area contributed by atoms with E-state index in [-0.39, 0.29) is 17.9 Å². The van der Waals surface area contributed by atoms with Gasteiger partial charge in [0.2, 0.25) is 0 Å². The molecule has 0 saturated carbocycles. The summed E-state index contributed by atoms with van der Waals surface area (Å²) >= 11 is 6.50. The van der Waals surface area contributed by atoms with Gasteiger partial charge in [0, 0.05) is 24.6 Å². The second-order valence-electron chi connectivity index (χ2n) is 6.62. The van der Waals surface area contributed by atoms with Crippen LogP contribution in [0.1, 0.15) is 41.8 Å². The highest BCUT2D eigenvalue weighted by Gasteiger charge is 2.31. The van der Waals surface area contributed by atoms with Gasteiger partial charge in [-0.15, -0.1) is 0 Å². The summed E-state index contributed by atoms with van der Waals surface area (Å²) in [5.74, 6) is -0.946. The Morgan fingerprint density at radius 2 is 1.80 bits per heavy atom. The summed E-state index contributed by atoms with van der Waals surface area (Å²) < 4.78 is 6.25. The molecular weight excluding hydrogens is 426 g/mol. The van der Waals surface area contributed by atoms with Gasteiger partial charge in [-0.25, -0.2) is 4.79 Å². The average molecular weight is 446 g/mol. The van der Waals surface area contributed by atoms with Crippen LogP contribution in [0.3, 0.4) is 0 Å². The van der Waals surface area contributed by atoms with Gasteiger partial charge in [-0.05, 0) is 37.1 Å². The standard InChI is InChI=1S/C21H19NO6S2/c23-18(24)4-2-1-3-11-22-19(25)17(30-21(22)29)12-15-9-10-16(28-15)13-5-7-14(8-6-13)20(26)27/h5-10,12H,1-4,11H2,(H,23,24)(H,26,27)/b17-12-. The molecule has 0 aliphatic carbocycles. The number of furan rings is 1. The molecule has 156 valence electrons. The molecule has 2 N–H and O–H groups in total. The van der Waals surface area contributed by atoms with E-state index < -0.39 is 11.9 Å². The number of thioether (sulfide) groups is 1. The van der Waals surface area contributed by atoms with Crippen LogP contribution < -0.4 is 0 Å². The van der Waals surface area contributed by atoms with Crippen LogP contribution in [0.25, 0.3) is 17.4 Å². The predicted octanol–water partition coefficient (Wildman–Crippen LogP) is 4.49. The maximum atomic E-state index is 12.6. The van der Waals surface area contributed by atoms with Gasteiger partial charge in [0.25, 0.3) is 5.91 Å². The zero-order valence-electron chi connectivity index (χ0n) is 15.9. The number of nitrogens with zero attached hydrogens (tertiary/aromatic N) is 1. The second kappa shape index (κ2) is 9.73. The summed E-state index contributed by atoms with van der Waals surface area (Å²) in [6.45, 7) is 0.459. The lowest BCUT2D eigenvalue weighted by Crippen LogP contribution is -2.29. The first-order valence-corrected chi connectivity index (χ1v) is 10.5. The molecule has 3 rings (SSSR count). The van der Waals surface area contributed by atoms with Crippen molar-refractivity contribution in [1.82, 2.24) is 4.90 Å². The minimum atomic E-state index is -0.995. The minimum Gasteiger partial charge on any atom is -0.481 e. The number of rotatable bonds is 9. The summed E-state index contributed by atoms with van der Waals surface area (Å²) in [6, 6.07) is 9.82. The first-order valence-electron chi connectivity index (χ1n) is 9.26. The molecule has 7 nitrogen and oxygen atoms in total. The average Bonchev–Trinajstić information content (AvgIpc) is 3.27. The number of amides is 1. The molecular formula is C21H19NO6S2. The number of aliphatic carboxylic acids is 1. The van der Waals surface area contributed by atoms with Crippen LogP contribution in [-0.2, 0) is 9.59 Å². The van der Waals surface area contributed by atoms with E-state index in [4.69, 9.17) is 26.8 Å². The van der Waals surface area contributed by atoms with Gasteiger partial charge in [-0.3, -0.25) is 14.5 Å². The molecule has 0 atom stereocenters. The Hall–Kier alpha value is -2.91. The zero-order valence-corrected chi connectivity index (χ0v) is 17.5. The lowest BCUT2D eigenvalue weighted by Gasteiger charge is -2.13. The molecule has 2 heterocycles. The number of carbonyl (C=O) groups excluding carboxylic acids is 1. The third-order valence-electron chi connectivity index (χ3n) is 4.46. The molecule has 1 aromatic carbocycles. The number of carboxylic acids is 2. The van der Waals surface area contributed by atoms with Crippen molar-refractivity contribution in [2.75, 3.05) is 6.54 Å². The van der Waals surface area contributed by atoms with Crippen molar-refractivity contribution >= 4 is 52.2 Å². The van der Waals surface area contributed by atoms with Crippen LogP contribution >= 0.6 is 24.0 Å². The smallest absolute Gasteiger partial charge is 0.335 e. The van der Waals surface area contributed by atoms with Crippen LogP contribution in [0.15, 0.2) is 45.7 Å². The molecule has 2 aromatic rings. The van der Waals surface area contributed by atoms with E-state index in [1.807, 2.05) is 0 Å². The van der Waals surface area contributed by atoms with Gasteiger partial charge in [0.15, 0.2) is 0 Å². The topological polar surface area (TPSA) is 108 Å². The van der Waals surface area contributed by atoms with Crippen molar-refractivity contribution in [2.45, 2.75) is 25.7 Å². The number of hydrogen-bond donors (Lipinski definition) is 2. The molecule has 0 unspecified atom stereocenters. The Bertz CT molecular complexity index is 1010. The number of carboxylic acid groups (broad SMARTS) is 2. The van der Waals surface area contributed by atoms with Crippen LogP contribution in [-0.4, -0.2) is 43.8 Å². The van der Waals surface area contributed by atoms with Crippen molar-refractivity contribution in [2.24, 2.45) is 0 Å². The maximum Gasteiger partial charge on any atom is 0.335 e. The van der Waals surface area contributed by atoms with E-state index in [0.717, 1.165) is 5.56 Å². The molecule has 30 heavy (non-hydrogen) atoms. The lowest BCUT2D eigenvalue weighted by atomic mass is 10.1. The monoisotopic (exact) mass is 445 g/mol. The molecule has 9 heteroatoms. The SMILES string of the molecule is O=C(O)CCCCCN1C(=O)/C(=C/c2ccc(-c3ccc(C(=O)O)cc3)o2)SC1=S. The Labute approximate surface area is 182 Å². The van der Waals surface area contributed by atoms with Crippen LogP contribution in [0.5, 0.6) is 0 Å². The molecule has 0 spiro atoms. The van der Waals surface area contributed by atoms with Crippen molar-refractivity contribution < 1.29 is 29.0 Å². The summed E-state index contributed by atoms with van der Waals surface area (Å²) in [4.78, 5) is 36.1. The van der Waals surface area contributed by atoms with E-state index in [9.17, 15) is 14.4 Å². The van der Waals surface area contributed by atoms with Crippen molar-refractivity contribution in [3.8, 4) is 11.3 Å². The summed E-state index contributed by atoms with van der Waals surface area (Å²) in [5.41, 5.74) is 0.922. The molecule has 1 saturated heterocycles. The number of thiocarbonyl (C=S) groups is 1. The third-order valence-corrected chi connectivity index (χ3v) is 5.84. The first kappa shape index (κ1) is 21.8. The van der Waals surface area contributed by atoms with E-state index in [1.165, 1.54) is 28.8 Å². The fourth-order valence-electron chi connectivity index (χ4n) is 2.91. The minimum absolute atomic E-state index is 0.123. The lowest BCUT2D eigenvalue weighted by molar-refractivity contribution is -0.137. The zero-order chi connectivity index (χ0) is 21.7. The van der Waals surface area contributed by atoms with E-state index in [0.29, 0.717) is 46.6 Å². The van der Waals surface area contributed by atoms with E-state index >= 15 is 0 Å². The Morgan fingerprint density at radius 3 is 2.47 bits per heavy atom. The Balaban J connectivity index is 1.63. The first-order chi connectivity index (χ1) is 14.3. The fraction of sp³-hybridized carbons (Fsp3) is 0.238. The molecule has 0 radical (unpaired) electrons. The molecule has 1 aromatic heterocycles. The van der Waals surface area contributed by atoms with E-state index in [1.54, 1.807) is 30.3 Å². The number of hydrogen-bond acceptors (Lipinski definition) is 6. The molecule has 1 aliphatic heterocycles. The number of benzene rings is 1. The molecule has 1 aliphatic rings. The van der Waals surface area contributed by atoms with Crippen molar-refractivity contribution in [3.05, 3.63) is 52.6 Å². The largest absolute Gasteiger partial charge is 0.481 e.